The number of hydrogen-bond acceptors (Lipinski definition) is 14. The summed E-state index contributed by atoms with van der Waals surface area (Å²) < 4.78 is 28.0. The summed E-state index contributed by atoms with van der Waals surface area (Å²) in [5, 5.41) is 34.0. The van der Waals surface area contributed by atoms with Crippen molar-refractivity contribution in [1.82, 2.24) is 29.7 Å². The molecule has 0 saturated heterocycles. The molecule has 0 atom stereocenters. The van der Waals surface area contributed by atoms with Crippen molar-refractivity contribution in [2.75, 3.05) is 37.1 Å². The Morgan fingerprint density at radius 1 is 0.298 bits per heavy atom. The van der Waals surface area contributed by atoms with Crippen LogP contribution in [0.3, 0.4) is 0 Å². The number of pyridine rings is 4. The molecule has 588 valence electrons. The van der Waals surface area contributed by atoms with Crippen molar-refractivity contribution in [3.05, 3.63) is 355 Å². The fourth-order valence-corrected chi connectivity index (χ4v) is 14.9. The molecule has 4 N–H and O–H groups in total. The lowest BCUT2D eigenvalue weighted by Gasteiger charge is -2.28. The van der Waals surface area contributed by atoms with Crippen LogP contribution < -0.4 is 29.6 Å². The average Bonchev–Trinajstić information content (AvgIpc) is 0.763. The molecule has 8 bridgehead atoms. The quantitative estimate of drug-likeness (QED) is 0.0343. The lowest BCUT2D eigenvalue weighted by atomic mass is 9.79. The summed E-state index contributed by atoms with van der Waals surface area (Å²) >= 11 is 0. The number of aromatic nitrogens is 4. The predicted molar refractivity (Wildman–Crippen MR) is 460 cm³/mol. The number of phenols is 2. The molecule has 0 radical (unpaired) electrons. The van der Waals surface area contributed by atoms with Gasteiger partial charge in [0.05, 0.1) is 22.8 Å². The minimum atomic E-state index is -0.290. The van der Waals surface area contributed by atoms with Crippen molar-refractivity contribution in [3.63, 3.8) is 0 Å². The van der Waals surface area contributed by atoms with E-state index in [4.69, 9.17) is 18.9 Å². The molecule has 1 aliphatic carbocycles. The smallest absolute Gasteiger partial charge is 0.126 e. The standard InChI is InChI=1S/C100H112N8O6/c1-97(2,3)81-53-73-49-77-57-83(99(7,8)9)59-79(95(77)113-47-45-111-91-39-19-15-29-69(91)61-105-89-37-17-13-31-71(89)63-107(65-85-33-21-25-41-101-85)66-86-34-22-26-42-102-86)51-75-55-82(98(4,5)6)56-76(94(75)110)52-80-60-84(100(10,11)12)58-78(50-74(54-81)93(73)109)96(80)114-48-46-112-92-40-20-16-30-70(92)62-106-90-38-18-14-32-72(90)64-108(67-87-35-23-27-43-103-87)68-88-36-24-28-44-104-88/h13-44,53-60,105-106,109-110H,45-52,61-68H2,1-12H3. The van der Waals surface area contributed by atoms with Gasteiger partial charge in [0.1, 0.15) is 60.9 Å². The third-order valence-corrected chi connectivity index (χ3v) is 21.3. The maximum atomic E-state index is 13.2. The lowest BCUT2D eigenvalue weighted by Crippen LogP contribution is -2.24. The summed E-state index contributed by atoms with van der Waals surface area (Å²) in [7, 11) is 0. The molecule has 14 heteroatoms. The van der Waals surface area contributed by atoms with Gasteiger partial charge in [-0.1, -0.05) is 229 Å². The van der Waals surface area contributed by atoms with Crippen LogP contribution >= 0.6 is 0 Å². The Bertz CT molecular complexity index is 4700. The van der Waals surface area contributed by atoms with Crippen LogP contribution in [-0.4, -0.2) is 66.4 Å². The summed E-state index contributed by atoms with van der Waals surface area (Å²) in [6, 6.07) is 75.4. The van der Waals surface area contributed by atoms with Gasteiger partial charge >= 0.3 is 0 Å². The second kappa shape index (κ2) is 36.2. The van der Waals surface area contributed by atoms with Gasteiger partial charge in [-0.05, 0) is 172 Å². The van der Waals surface area contributed by atoms with Crippen LogP contribution in [0.25, 0.3) is 0 Å². The fraction of sp³-hybridized carbons (Fsp3) is 0.320. The van der Waals surface area contributed by atoms with Crippen LogP contribution in [0.5, 0.6) is 34.5 Å². The lowest BCUT2D eigenvalue weighted by molar-refractivity contribution is 0.213. The monoisotopic (exact) mass is 1520 g/mol. The molecule has 0 saturated carbocycles. The molecule has 0 amide bonds. The second-order valence-corrected chi connectivity index (χ2v) is 34.4. The van der Waals surface area contributed by atoms with Gasteiger partial charge in [-0.3, -0.25) is 29.7 Å². The predicted octanol–water partition coefficient (Wildman–Crippen LogP) is 21.1. The summed E-state index contributed by atoms with van der Waals surface area (Å²) in [5.74, 6) is 3.42. The van der Waals surface area contributed by atoms with E-state index < -0.39 is 0 Å². The summed E-state index contributed by atoms with van der Waals surface area (Å²) in [4.78, 5) is 23.5. The molecule has 12 aromatic rings. The third kappa shape index (κ3) is 21.3. The zero-order valence-electron chi connectivity index (χ0n) is 68.6. The molecule has 0 spiro atoms. The number of fused-ring (bicyclic) bond motifs is 8. The molecule has 0 aliphatic heterocycles. The van der Waals surface area contributed by atoms with Crippen molar-refractivity contribution < 1.29 is 29.2 Å². The van der Waals surface area contributed by atoms with E-state index in [1.807, 2.05) is 97.6 Å². The Labute approximate surface area is 675 Å². The number of aromatic hydroxyl groups is 2. The van der Waals surface area contributed by atoms with E-state index in [0.29, 0.717) is 89.5 Å². The molecule has 0 fully saturated rings. The molecule has 14 nitrogen and oxygen atoms in total. The minimum Gasteiger partial charge on any atom is -0.507 e. The van der Waals surface area contributed by atoms with Crippen LogP contribution in [0.2, 0.25) is 0 Å². The van der Waals surface area contributed by atoms with Gasteiger partial charge in [0.2, 0.25) is 0 Å². The Kier molecular flexibility index (Phi) is 25.6. The molecule has 4 heterocycles. The number of nitrogens with one attached hydrogen (secondary N) is 2. The molecule has 1 aliphatic rings. The van der Waals surface area contributed by atoms with Crippen LogP contribution in [0.15, 0.2) is 243 Å². The van der Waals surface area contributed by atoms with Gasteiger partial charge in [-0.15, -0.1) is 0 Å². The van der Waals surface area contributed by atoms with Gasteiger partial charge in [-0.25, -0.2) is 0 Å². The Morgan fingerprint density at radius 3 is 0.833 bits per heavy atom. The zero-order chi connectivity index (χ0) is 80.0. The third-order valence-electron chi connectivity index (χ3n) is 21.3. The number of rotatable bonds is 28. The van der Waals surface area contributed by atoms with Crippen LogP contribution in [0.1, 0.15) is 195 Å². The highest BCUT2D eigenvalue weighted by Crippen LogP contribution is 2.45. The topological polar surface area (TPSA) is 159 Å². The first-order valence-corrected chi connectivity index (χ1v) is 40.2. The molecule has 8 aromatic carbocycles. The number of hydrogen-bond donors (Lipinski definition) is 4. The van der Waals surface area contributed by atoms with E-state index in [0.717, 1.165) is 135 Å². The Balaban J connectivity index is 0.787. The van der Waals surface area contributed by atoms with E-state index in [1.165, 1.54) is 0 Å². The average molecular weight is 1520 g/mol. The molecule has 0 unspecified atom stereocenters. The zero-order valence-corrected chi connectivity index (χ0v) is 68.6. The summed E-state index contributed by atoms with van der Waals surface area (Å²) in [5.41, 5.74) is 20.6. The number of benzene rings is 8. The first-order chi connectivity index (χ1) is 54.8. The minimum absolute atomic E-state index is 0.222. The van der Waals surface area contributed by atoms with Crippen LogP contribution in [0.4, 0.5) is 11.4 Å². The highest BCUT2D eigenvalue weighted by molar-refractivity contribution is 5.61. The molecular weight excluding hydrogens is 1410 g/mol. The van der Waals surface area contributed by atoms with E-state index >= 15 is 0 Å². The van der Waals surface area contributed by atoms with Crippen molar-refractivity contribution >= 4 is 11.4 Å². The molecule has 4 aromatic heterocycles. The van der Waals surface area contributed by atoms with Crippen molar-refractivity contribution in [2.45, 2.75) is 183 Å². The van der Waals surface area contributed by atoms with Crippen molar-refractivity contribution in [3.8, 4) is 34.5 Å². The molecule has 114 heavy (non-hydrogen) atoms. The van der Waals surface area contributed by atoms with Crippen molar-refractivity contribution in [1.29, 1.82) is 0 Å². The molecule has 13 rings (SSSR count). The van der Waals surface area contributed by atoms with Gasteiger partial charge in [0.15, 0.2) is 0 Å². The van der Waals surface area contributed by atoms with Crippen LogP contribution in [-0.2, 0) is 99.7 Å². The highest BCUT2D eigenvalue weighted by atomic mass is 16.5. The van der Waals surface area contributed by atoms with Gasteiger partial charge < -0.3 is 39.8 Å². The summed E-state index contributed by atoms with van der Waals surface area (Å²) in [6.07, 6.45) is 8.85. The second-order valence-electron chi connectivity index (χ2n) is 34.4. The largest absolute Gasteiger partial charge is 0.507 e. The first-order valence-electron chi connectivity index (χ1n) is 40.2. The van der Waals surface area contributed by atoms with Gasteiger partial charge in [-0.2, -0.15) is 0 Å². The first kappa shape index (κ1) is 80.7. The maximum absolute atomic E-state index is 13.2. The van der Waals surface area contributed by atoms with E-state index in [2.05, 4.69) is 269 Å². The SMILES string of the molecule is CC(C)(C)c1cc2c(O)c(c1)Cc1cc(C(C)(C)C)cc(c1OCCOc1ccccc1CNc1ccccc1CN(Cc1ccccn1)Cc1ccccn1)Cc1cc(C(C)(C)C)cc(c1O)Cc1cc(C(C)(C)C)cc(c1OCCOc1ccccc1CNc1ccccc1CN(Cc1ccccn1)Cc1ccccn1)C2. The highest BCUT2D eigenvalue weighted by Gasteiger charge is 2.30. The Morgan fingerprint density at radius 2 is 0.553 bits per heavy atom. The number of anilines is 2. The van der Waals surface area contributed by atoms with E-state index in [-0.39, 0.29) is 59.6 Å². The van der Waals surface area contributed by atoms with E-state index in [9.17, 15) is 10.2 Å². The Hall–Kier alpha value is -11.3. The number of para-hydroxylation sites is 4. The molecular formula is C100H112N8O6. The maximum Gasteiger partial charge on any atom is 0.126 e. The normalized spacial score (nSPS) is 12.5. The number of ether oxygens (including phenoxy) is 4. The van der Waals surface area contributed by atoms with E-state index in [1.54, 1.807) is 0 Å². The van der Waals surface area contributed by atoms with Crippen molar-refractivity contribution in [2.24, 2.45) is 0 Å². The van der Waals surface area contributed by atoms with Gasteiger partial charge in [0.25, 0.3) is 0 Å². The fourth-order valence-electron chi connectivity index (χ4n) is 14.9. The number of phenolic OH excluding ortho intramolecular Hbond substituents is 2. The van der Waals surface area contributed by atoms with Crippen LogP contribution in [0, 0.1) is 0 Å². The number of nitrogens with zero attached hydrogens (tertiary/aromatic N) is 6. The summed E-state index contributed by atoms with van der Waals surface area (Å²) in [6.45, 7) is 32.9. The van der Waals surface area contributed by atoms with Gasteiger partial charge in [0, 0.05) is 125 Å².